The molecule has 0 aliphatic rings. The lowest BCUT2D eigenvalue weighted by atomic mass is 11.0. The van der Waals surface area contributed by atoms with Crippen LogP contribution in [-0.2, 0) is 12.3 Å². The first-order valence-corrected chi connectivity index (χ1v) is 17.0. The topological polar surface area (TPSA) is 27.7 Å². The highest BCUT2D eigenvalue weighted by Crippen LogP contribution is 2.21. The summed E-state index contributed by atoms with van der Waals surface area (Å²) in [6.07, 6.45) is 0. The summed E-state index contributed by atoms with van der Waals surface area (Å²) in [5.74, 6) is 0. The lowest BCUT2D eigenvalue weighted by molar-refractivity contribution is 0.272. The maximum absolute atomic E-state index is 6.51. The first-order chi connectivity index (χ1) is 9.48. The molecule has 0 aromatic heterocycles. The van der Waals surface area contributed by atoms with Crippen LogP contribution in [0.1, 0.15) is 41.5 Å². The molecule has 0 aliphatic heterocycles. The third-order valence-electron chi connectivity index (χ3n) is 3.87. The molecule has 0 unspecified atom stereocenters. The first kappa shape index (κ1) is 20.7. The van der Waals surface area contributed by atoms with Gasteiger partial charge in [-0.15, -0.1) is 0 Å². The minimum Gasteiger partial charge on any atom is -0.419 e. The summed E-state index contributed by atoms with van der Waals surface area (Å²) in [6.45, 7) is 15.7. The Hall–Kier alpha value is 0.748. The molecule has 0 aromatic rings. The predicted molar refractivity (Wildman–Crippen MR) is 99.2 cm³/mol. The molecule has 0 heterocycles. The Morgan fingerprint density at radius 1 is 0.550 bits per heavy atom. The Labute approximate surface area is 133 Å². The molecule has 0 aliphatic carbocycles. The van der Waals surface area contributed by atoms with Crippen LogP contribution in [0.25, 0.3) is 0 Å². The summed E-state index contributed by atoms with van der Waals surface area (Å²) in [5.41, 5.74) is 0. The van der Waals surface area contributed by atoms with Gasteiger partial charge in [0.05, 0.1) is 0 Å². The molecule has 0 rings (SSSR count). The predicted octanol–water partition coefficient (Wildman–Crippen LogP) is 3.90. The van der Waals surface area contributed by atoms with E-state index in [1.165, 1.54) is 36.3 Å². The summed E-state index contributed by atoms with van der Waals surface area (Å²) >= 11 is 0. The molecule has 0 N–H and O–H groups in total. The van der Waals surface area contributed by atoms with Crippen LogP contribution < -0.4 is 0 Å². The van der Waals surface area contributed by atoms with Crippen molar-refractivity contribution in [2.24, 2.45) is 0 Å². The minimum absolute atomic E-state index is 1.12. The summed E-state index contributed by atoms with van der Waals surface area (Å²) in [5, 5.41) is 0. The molecule has 0 bridgehead atoms. The normalized spacial score (nSPS) is 12.9. The van der Waals surface area contributed by atoms with Gasteiger partial charge in [0.1, 0.15) is 0 Å². The SMILES string of the molecule is CC[SiH](CC)O[Si](C)(O[SiH](CC)CC)O[SiH](CC)CC. The van der Waals surface area contributed by atoms with Crippen LogP contribution in [0.4, 0.5) is 0 Å². The van der Waals surface area contributed by atoms with E-state index in [1.807, 2.05) is 0 Å². The average molecular weight is 353 g/mol. The van der Waals surface area contributed by atoms with Crippen LogP contribution in [-0.4, -0.2) is 35.9 Å². The van der Waals surface area contributed by atoms with E-state index in [4.69, 9.17) is 12.3 Å². The molecule has 0 atom stereocenters. The third kappa shape index (κ3) is 7.67. The second kappa shape index (κ2) is 11.3. The molecule has 0 aromatic carbocycles. The zero-order chi connectivity index (χ0) is 15.6. The summed E-state index contributed by atoms with van der Waals surface area (Å²) in [7, 11) is -5.75. The van der Waals surface area contributed by atoms with E-state index >= 15 is 0 Å². The Bertz CT molecular complexity index is 196. The van der Waals surface area contributed by atoms with E-state index in [0.29, 0.717) is 0 Å². The quantitative estimate of drug-likeness (QED) is 0.499. The van der Waals surface area contributed by atoms with Crippen molar-refractivity contribution in [1.82, 2.24) is 0 Å². The van der Waals surface area contributed by atoms with Gasteiger partial charge in [0, 0.05) is 6.55 Å². The fourth-order valence-corrected chi connectivity index (χ4v) is 17.5. The Morgan fingerprint density at radius 3 is 0.900 bits per heavy atom. The van der Waals surface area contributed by atoms with Crippen LogP contribution >= 0.6 is 0 Å². The molecule has 0 radical (unpaired) electrons. The second-order valence-corrected chi connectivity index (χ2v) is 18.7. The molecular formula is C13H36O3Si4. The van der Waals surface area contributed by atoms with Crippen LogP contribution in [0.5, 0.6) is 0 Å². The largest absolute Gasteiger partial charge is 0.465 e. The van der Waals surface area contributed by atoms with E-state index in [2.05, 4.69) is 48.1 Å². The monoisotopic (exact) mass is 352 g/mol. The molecule has 122 valence electrons. The van der Waals surface area contributed by atoms with Gasteiger partial charge in [-0.1, -0.05) is 41.5 Å². The fourth-order valence-electron chi connectivity index (χ4n) is 2.36. The van der Waals surface area contributed by atoms with Crippen LogP contribution in [0.2, 0.25) is 42.8 Å². The Balaban J connectivity index is 4.89. The second-order valence-electron chi connectivity index (χ2n) is 5.53. The van der Waals surface area contributed by atoms with Gasteiger partial charge in [0.15, 0.2) is 27.1 Å². The average Bonchev–Trinajstić information content (AvgIpc) is 2.48. The van der Waals surface area contributed by atoms with Crippen molar-refractivity contribution in [3.63, 3.8) is 0 Å². The van der Waals surface area contributed by atoms with Gasteiger partial charge in [-0.3, -0.25) is 0 Å². The molecule has 0 spiro atoms. The van der Waals surface area contributed by atoms with E-state index in [1.54, 1.807) is 0 Å². The molecule has 0 saturated heterocycles. The van der Waals surface area contributed by atoms with Crippen molar-refractivity contribution in [2.75, 3.05) is 0 Å². The highest BCUT2D eigenvalue weighted by molar-refractivity contribution is 6.80. The van der Waals surface area contributed by atoms with Gasteiger partial charge in [0.2, 0.25) is 0 Å². The van der Waals surface area contributed by atoms with Gasteiger partial charge in [0.25, 0.3) is 0 Å². The lowest BCUT2D eigenvalue weighted by Crippen LogP contribution is -2.52. The zero-order valence-corrected chi connectivity index (χ0v) is 19.2. The van der Waals surface area contributed by atoms with Crippen molar-refractivity contribution < 1.29 is 12.3 Å². The van der Waals surface area contributed by atoms with Crippen molar-refractivity contribution in [2.45, 2.75) is 84.4 Å². The highest BCUT2D eigenvalue weighted by atomic mass is 28.5. The summed E-state index contributed by atoms with van der Waals surface area (Å²) < 4.78 is 19.5. The summed E-state index contributed by atoms with van der Waals surface area (Å²) in [4.78, 5) is 0. The van der Waals surface area contributed by atoms with Gasteiger partial charge in [-0.2, -0.15) is 0 Å². The molecule has 3 nitrogen and oxygen atoms in total. The minimum atomic E-state index is -2.38. The summed E-state index contributed by atoms with van der Waals surface area (Å²) in [6, 6.07) is 7.09. The van der Waals surface area contributed by atoms with Gasteiger partial charge < -0.3 is 12.3 Å². The Kier molecular flexibility index (Phi) is 11.8. The van der Waals surface area contributed by atoms with Crippen molar-refractivity contribution in [3.05, 3.63) is 0 Å². The van der Waals surface area contributed by atoms with E-state index < -0.39 is 35.9 Å². The van der Waals surface area contributed by atoms with E-state index in [9.17, 15) is 0 Å². The van der Waals surface area contributed by atoms with E-state index in [0.717, 1.165) is 0 Å². The molecular weight excluding hydrogens is 316 g/mol. The number of hydrogen-bond donors (Lipinski definition) is 0. The third-order valence-corrected chi connectivity index (χ3v) is 18.5. The first-order valence-electron chi connectivity index (χ1n) is 8.51. The fraction of sp³-hybridized carbons (Fsp3) is 1.00. The highest BCUT2D eigenvalue weighted by Gasteiger charge is 2.40. The van der Waals surface area contributed by atoms with Crippen molar-refractivity contribution in [1.29, 1.82) is 0 Å². The molecule has 0 amide bonds. The van der Waals surface area contributed by atoms with Crippen LogP contribution in [0.15, 0.2) is 0 Å². The van der Waals surface area contributed by atoms with Gasteiger partial charge in [-0.05, 0) is 36.3 Å². The van der Waals surface area contributed by atoms with Crippen molar-refractivity contribution >= 4 is 35.9 Å². The lowest BCUT2D eigenvalue weighted by Gasteiger charge is -2.35. The van der Waals surface area contributed by atoms with Crippen molar-refractivity contribution in [3.8, 4) is 0 Å². The standard InChI is InChI=1S/C13H36O3Si4/c1-8-17(9-2)14-20(7,15-18(10-3)11-4)16-19(12-5)13-6/h17-19H,8-13H2,1-7H3. The smallest absolute Gasteiger partial charge is 0.419 e. The number of hydrogen-bond acceptors (Lipinski definition) is 3. The molecule has 20 heavy (non-hydrogen) atoms. The van der Waals surface area contributed by atoms with Crippen LogP contribution in [0, 0.1) is 0 Å². The molecule has 0 fully saturated rings. The number of rotatable bonds is 12. The van der Waals surface area contributed by atoms with Crippen LogP contribution in [0.3, 0.4) is 0 Å². The van der Waals surface area contributed by atoms with E-state index in [-0.39, 0.29) is 0 Å². The maximum Gasteiger partial charge on any atom is 0.465 e. The van der Waals surface area contributed by atoms with Gasteiger partial charge >= 0.3 is 8.80 Å². The Morgan fingerprint density at radius 2 is 0.750 bits per heavy atom. The molecule has 7 heteroatoms. The zero-order valence-electron chi connectivity index (χ0n) is 14.7. The molecule has 0 saturated carbocycles. The van der Waals surface area contributed by atoms with Gasteiger partial charge in [-0.25, -0.2) is 0 Å². The maximum atomic E-state index is 6.51.